The average Bonchev–Trinajstić information content (AvgIpc) is 3.34. The van der Waals surface area contributed by atoms with Gasteiger partial charge in [-0.3, -0.25) is 9.59 Å². The average molecular weight is 393 g/mol. The van der Waals surface area contributed by atoms with Gasteiger partial charge in [0.1, 0.15) is 5.82 Å². The summed E-state index contributed by atoms with van der Waals surface area (Å²) in [6.45, 7) is 3.08. The highest BCUT2D eigenvalue weighted by atomic mass is 16.5. The summed E-state index contributed by atoms with van der Waals surface area (Å²) in [7, 11) is 1.46. The van der Waals surface area contributed by atoms with Gasteiger partial charge in [-0.2, -0.15) is 0 Å². The van der Waals surface area contributed by atoms with Crippen LogP contribution in [0.25, 0.3) is 0 Å². The number of hydrogen-bond acceptors (Lipinski definition) is 5. The van der Waals surface area contributed by atoms with E-state index in [1.54, 1.807) is 6.20 Å². The summed E-state index contributed by atoms with van der Waals surface area (Å²) in [6.07, 6.45) is 5.16. The minimum absolute atomic E-state index is 0.0639. The molecule has 29 heavy (non-hydrogen) atoms. The second-order valence-electron chi connectivity index (χ2n) is 7.83. The smallest absolute Gasteiger partial charge is 0.316 e. The van der Waals surface area contributed by atoms with Crippen LogP contribution in [0, 0.1) is 0 Å². The maximum Gasteiger partial charge on any atom is 0.316 e. The van der Waals surface area contributed by atoms with E-state index in [1.165, 1.54) is 7.11 Å². The van der Waals surface area contributed by atoms with Gasteiger partial charge in [-0.25, -0.2) is 4.98 Å². The standard InChI is InChI=1S/C23H27N3O3/c1-29-22(28)23(19-7-3-2-4-8-19)11-15-25(16-12-23)20-10-9-18(17-24-20)21(27)26-13-5-6-14-26/h2-4,7-10,17H,5-6,11-16H2,1H3. The monoisotopic (exact) mass is 393 g/mol. The Morgan fingerprint density at radius 1 is 0.966 bits per heavy atom. The van der Waals surface area contributed by atoms with Crippen LogP contribution in [0.15, 0.2) is 48.7 Å². The molecule has 6 nitrogen and oxygen atoms in total. The van der Waals surface area contributed by atoms with Crippen molar-refractivity contribution in [1.29, 1.82) is 0 Å². The third-order valence-electron chi connectivity index (χ3n) is 6.23. The number of aromatic nitrogens is 1. The van der Waals surface area contributed by atoms with Crippen LogP contribution in [0.5, 0.6) is 0 Å². The molecular formula is C23H27N3O3. The molecule has 0 N–H and O–H groups in total. The number of amides is 1. The highest BCUT2D eigenvalue weighted by molar-refractivity contribution is 5.94. The zero-order valence-corrected chi connectivity index (χ0v) is 16.8. The van der Waals surface area contributed by atoms with Crippen LogP contribution in [0.1, 0.15) is 41.6 Å². The third kappa shape index (κ3) is 3.71. The van der Waals surface area contributed by atoms with Crippen molar-refractivity contribution in [2.24, 2.45) is 0 Å². The van der Waals surface area contributed by atoms with Gasteiger partial charge in [0.05, 0.1) is 18.1 Å². The lowest BCUT2D eigenvalue weighted by molar-refractivity contribution is -0.148. The lowest BCUT2D eigenvalue weighted by Gasteiger charge is -2.40. The van der Waals surface area contributed by atoms with E-state index in [0.717, 1.165) is 37.3 Å². The lowest BCUT2D eigenvalue weighted by Crippen LogP contribution is -2.48. The van der Waals surface area contributed by atoms with Gasteiger partial charge in [-0.1, -0.05) is 30.3 Å². The Morgan fingerprint density at radius 3 is 2.24 bits per heavy atom. The van der Waals surface area contributed by atoms with Crippen molar-refractivity contribution in [3.63, 3.8) is 0 Å². The number of nitrogens with zero attached hydrogens (tertiary/aromatic N) is 3. The Labute approximate surface area is 171 Å². The molecule has 1 aromatic heterocycles. The Balaban J connectivity index is 1.47. The van der Waals surface area contributed by atoms with Gasteiger partial charge < -0.3 is 14.5 Å². The van der Waals surface area contributed by atoms with Crippen LogP contribution < -0.4 is 4.90 Å². The van der Waals surface area contributed by atoms with E-state index in [2.05, 4.69) is 9.88 Å². The van der Waals surface area contributed by atoms with Gasteiger partial charge in [-0.05, 0) is 43.4 Å². The first kappa shape index (κ1) is 19.4. The molecule has 2 aliphatic heterocycles. The van der Waals surface area contributed by atoms with Gasteiger partial charge in [0.25, 0.3) is 5.91 Å². The van der Waals surface area contributed by atoms with Crippen LogP contribution in [0.3, 0.4) is 0 Å². The number of ether oxygens (including phenoxy) is 1. The SMILES string of the molecule is COC(=O)C1(c2ccccc2)CCN(c2ccc(C(=O)N3CCCC3)cn2)CC1. The second kappa shape index (κ2) is 8.23. The number of hydrogen-bond donors (Lipinski definition) is 0. The molecule has 0 aliphatic carbocycles. The van der Waals surface area contributed by atoms with Crippen molar-refractivity contribution >= 4 is 17.7 Å². The fraction of sp³-hybridized carbons (Fsp3) is 0.435. The van der Waals surface area contributed by atoms with E-state index in [-0.39, 0.29) is 11.9 Å². The van der Waals surface area contributed by atoms with Crippen molar-refractivity contribution in [3.05, 3.63) is 59.8 Å². The normalized spacial score (nSPS) is 18.5. The zero-order chi connectivity index (χ0) is 20.3. The Kier molecular flexibility index (Phi) is 5.51. The fourth-order valence-corrected chi connectivity index (χ4v) is 4.48. The second-order valence-corrected chi connectivity index (χ2v) is 7.83. The molecule has 0 bridgehead atoms. The van der Waals surface area contributed by atoms with E-state index >= 15 is 0 Å². The first-order valence-electron chi connectivity index (χ1n) is 10.3. The van der Waals surface area contributed by atoms with E-state index in [4.69, 9.17) is 4.74 Å². The Bertz CT molecular complexity index is 853. The van der Waals surface area contributed by atoms with E-state index in [9.17, 15) is 9.59 Å². The summed E-state index contributed by atoms with van der Waals surface area (Å²) in [5, 5.41) is 0. The number of anilines is 1. The largest absolute Gasteiger partial charge is 0.468 e. The Morgan fingerprint density at radius 2 is 1.66 bits per heavy atom. The number of pyridine rings is 1. The number of carbonyl (C=O) groups is 2. The van der Waals surface area contributed by atoms with Gasteiger partial charge >= 0.3 is 5.97 Å². The summed E-state index contributed by atoms with van der Waals surface area (Å²) in [5.41, 5.74) is 1.03. The number of carbonyl (C=O) groups excluding carboxylic acids is 2. The van der Waals surface area contributed by atoms with Gasteiger partial charge in [0.15, 0.2) is 0 Å². The predicted molar refractivity (Wildman–Crippen MR) is 111 cm³/mol. The van der Waals surface area contributed by atoms with E-state index in [1.807, 2.05) is 47.4 Å². The molecule has 0 radical (unpaired) electrons. The van der Waals surface area contributed by atoms with Crippen molar-refractivity contribution in [2.45, 2.75) is 31.1 Å². The molecule has 2 fully saturated rings. The molecule has 0 saturated carbocycles. The summed E-state index contributed by atoms with van der Waals surface area (Å²) < 4.78 is 5.16. The summed E-state index contributed by atoms with van der Waals surface area (Å²) in [5.74, 6) is 0.728. The molecule has 3 heterocycles. The maximum absolute atomic E-state index is 12.7. The number of methoxy groups -OCH3 is 1. The van der Waals surface area contributed by atoms with Crippen LogP contribution in [-0.2, 0) is 14.9 Å². The highest BCUT2D eigenvalue weighted by Crippen LogP contribution is 2.37. The van der Waals surface area contributed by atoms with Crippen LogP contribution >= 0.6 is 0 Å². The summed E-state index contributed by atoms with van der Waals surface area (Å²) >= 11 is 0. The summed E-state index contributed by atoms with van der Waals surface area (Å²) in [6, 6.07) is 13.7. The molecular weight excluding hydrogens is 366 g/mol. The molecule has 2 saturated heterocycles. The minimum atomic E-state index is -0.613. The molecule has 1 amide bonds. The van der Waals surface area contributed by atoms with Crippen LogP contribution in [0.4, 0.5) is 5.82 Å². The number of benzene rings is 1. The molecule has 4 rings (SSSR count). The van der Waals surface area contributed by atoms with Crippen molar-refractivity contribution in [1.82, 2.24) is 9.88 Å². The quantitative estimate of drug-likeness (QED) is 0.747. The molecule has 0 atom stereocenters. The maximum atomic E-state index is 12.7. The van der Waals surface area contributed by atoms with E-state index in [0.29, 0.717) is 31.5 Å². The first-order chi connectivity index (χ1) is 14.1. The van der Waals surface area contributed by atoms with Crippen LogP contribution in [0.2, 0.25) is 0 Å². The van der Waals surface area contributed by atoms with Crippen molar-refractivity contribution < 1.29 is 14.3 Å². The highest BCUT2D eigenvalue weighted by Gasteiger charge is 2.44. The fourth-order valence-electron chi connectivity index (χ4n) is 4.48. The molecule has 2 aliphatic rings. The number of esters is 1. The molecule has 0 spiro atoms. The lowest BCUT2D eigenvalue weighted by atomic mass is 9.72. The van der Waals surface area contributed by atoms with E-state index < -0.39 is 5.41 Å². The molecule has 152 valence electrons. The molecule has 6 heteroatoms. The van der Waals surface area contributed by atoms with Gasteiger partial charge in [0.2, 0.25) is 0 Å². The molecule has 2 aromatic rings. The van der Waals surface area contributed by atoms with Crippen molar-refractivity contribution in [3.8, 4) is 0 Å². The molecule has 1 aromatic carbocycles. The minimum Gasteiger partial charge on any atom is -0.468 e. The van der Waals surface area contributed by atoms with Gasteiger partial charge in [0, 0.05) is 32.4 Å². The van der Waals surface area contributed by atoms with Crippen LogP contribution in [-0.4, -0.2) is 55.0 Å². The molecule has 0 unspecified atom stereocenters. The number of likely N-dealkylation sites (tertiary alicyclic amines) is 1. The Hall–Kier alpha value is -2.89. The first-order valence-corrected chi connectivity index (χ1v) is 10.3. The number of rotatable bonds is 4. The predicted octanol–water partition coefficient (Wildman–Crippen LogP) is 3.03. The topological polar surface area (TPSA) is 62.7 Å². The number of piperidine rings is 1. The van der Waals surface area contributed by atoms with Crippen molar-refractivity contribution in [2.75, 3.05) is 38.2 Å². The zero-order valence-electron chi connectivity index (χ0n) is 16.8. The third-order valence-corrected chi connectivity index (χ3v) is 6.23. The summed E-state index contributed by atoms with van der Waals surface area (Å²) in [4.78, 5) is 33.8. The van der Waals surface area contributed by atoms with Gasteiger partial charge in [-0.15, -0.1) is 0 Å².